The molecular formula is C17H15ClN2O2. The number of halogens is 1. The van der Waals surface area contributed by atoms with Gasteiger partial charge in [0.2, 0.25) is 0 Å². The molecule has 0 spiro atoms. The van der Waals surface area contributed by atoms with Gasteiger partial charge >= 0.3 is 0 Å². The zero-order chi connectivity index (χ0) is 15.9. The van der Waals surface area contributed by atoms with Gasteiger partial charge in [-0.3, -0.25) is 9.59 Å². The monoisotopic (exact) mass is 314 g/mol. The van der Waals surface area contributed by atoms with Crippen LogP contribution in [0.25, 0.3) is 0 Å². The van der Waals surface area contributed by atoms with Gasteiger partial charge in [-0.1, -0.05) is 48.0 Å². The van der Waals surface area contributed by atoms with Crippen molar-refractivity contribution in [3.05, 3.63) is 71.3 Å². The van der Waals surface area contributed by atoms with Crippen LogP contribution in [0.1, 0.15) is 6.92 Å². The van der Waals surface area contributed by atoms with E-state index in [0.29, 0.717) is 11.4 Å². The molecule has 0 fully saturated rings. The zero-order valence-corrected chi connectivity index (χ0v) is 12.7. The lowest BCUT2D eigenvalue weighted by molar-refractivity contribution is -0.115. The van der Waals surface area contributed by atoms with Crippen LogP contribution in [0.2, 0.25) is 0 Å². The van der Waals surface area contributed by atoms with Crippen molar-refractivity contribution in [2.24, 2.45) is 0 Å². The Balaban J connectivity index is 2.07. The van der Waals surface area contributed by atoms with Crippen molar-refractivity contribution in [3.63, 3.8) is 0 Å². The number of benzene rings is 2. The van der Waals surface area contributed by atoms with E-state index in [2.05, 4.69) is 10.6 Å². The van der Waals surface area contributed by atoms with Crippen LogP contribution in [0.4, 0.5) is 11.4 Å². The van der Waals surface area contributed by atoms with Crippen molar-refractivity contribution in [2.75, 3.05) is 10.6 Å². The van der Waals surface area contributed by atoms with E-state index in [9.17, 15) is 9.59 Å². The van der Waals surface area contributed by atoms with E-state index in [0.717, 1.165) is 0 Å². The predicted octanol–water partition coefficient (Wildman–Crippen LogP) is 3.78. The third-order valence-electron chi connectivity index (χ3n) is 2.93. The van der Waals surface area contributed by atoms with E-state index < -0.39 is 11.8 Å². The fraction of sp³-hybridized carbons (Fsp3) is 0.0588. The summed E-state index contributed by atoms with van der Waals surface area (Å²) in [6.07, 6.45) is 0. The minimum atomic E-state index is -0.520. The average molecular weight is 315 g/mol. The highest BCUT2D eigenvalue weighted by Gasteiger charge is 2.16. The Morgan fingerprint density at radius 3 is 1.64 bits per heavy atom. The van der Waals surface area contributed by atoms with E-state index in [1.165, 1.54) is 6.92 Å². The Labute approximate surface area is 133 Å². The van der Waals surface area contributed by atoms with Crippen LogP contribution in [0.3, 0.4) is 0 Å². The molecule has 0 saturated carbocycles. The second-order valence-electron chi connectivity index (χ2n) is 4.58. The maximum absolute atomic E-state index is 12.1. The summed E-state index contributed by atoms with van der Waals surface area (Å²) in [4.78, 5) is 24.1. The van der Waals surface area contributed by atoms with Crippen molar-refractivity contribution < 1.29 is 9.59 Å². The fourth-order valence-corrected chi connectivity index (χ4v) is 1.86. The highest BCUT2D eigenvalue weighted by atomic mass is 35.5. The molecule has 0 aliphatic carbocycles. The minimum absolute atomic E-state index is 0.141. The first-order valence-corrected chi connectivity index (χ1v) is 7.05. The molecule has 0 aliphatic heterocycles. The Morgan fingerprint density at radius 1 is 0.773 bits per heavy atom. The number of nitrogens with one attached hydrogen (secondary N) is 2. The van der Waals surface area contributed by atoms with Crippen LogP contribution in [0, 0.1) is 0 Å². The summed E-state index contributed by atoms with van der Waals surface area (Å²) in [5.74, 6) is -0.937. The third kappa shape index (κ3) is 4.20. The van der Waals surface area contributed by atoms with Gasteiger partial charge in [0.1, 0.15) is 5.03 Å². The van der Waals surface area contributed by atoms with Gasteiger partial charge in [0.05, 0.1) is 0 Å². The molecule has 0 atom stereocenters. The van der Waals surface area contributed by atoms with Crippen molar-refractivity contribution in [1.29, 1.82) is 0 Å². The van der Waals surface area contributed by atoms with Gasteiger partial charge in [-0.05, 0) is 31.2 Å². The largest absolute Gasteiger partial charge is 0.322 e. The standard InChI is InChI=1S/C17H15ClN2O2/c1-12(16(21)19-13-8-4-2-5-9-13)15(18)17(22)20-14-10-6-3-7-11-14/h2-11H,1H3,(H,19,21)(H,20,22)/b15-12+. The van der Waals surface area contributed by atoms with Gasteiger partial charge in [-0.25, -0.2) is 0 Å². The number of anilines is 2. The SMILES string of the molecule is C/C(C(=O)Nc1ccccc1)=C(\Cl)C(=O)Nc1ccccc1. The topological polar surface area (TPSA) is 58.2 Å². The number of carbonyl (C=O) groups is 2. The van der Waals surface area contributed by atoms with Gasteiger partial charge in [0, 0.05) is 16.9 Å². The van der Waals surface area contributed by atoms with Crippen LogP contribution in [-0.4, -0.2) is 11.8 Å². The molecule has 0 bridgehead atoms. The molecule has 0 saturated heterocycles. The molecule has 0 aliphatic rings. The number of hydrogen-bond acceptors (Lipinski definition) is 2. The summed E-state index contributed by atoms with van der Waals surface area (Å²) in [5.41, 5.74) is 1.40. The number of rotatable bonds is 4. The first-order valence-electron chi connectivity index (χ1n) is 6.67. The van der Waals surface area contributed by atoms with Crippen molar-refractivity contribution in [1.82, 2.24) is 0 Å². The van der Waals surface area contributed by atoms with Crippen LogP contribution in [0.5, 0.6) is 0 Å². The molecule has 2 amide bonds. The highest BCUT2D eigenvalue weighted by molar-refractivity contribution is 6.46. The first-order chi connectivity index (χ1) is 10.6. The quantitative estimate of drug-likeness (QED) is 0.844. The number of para-hydroxylation sites is 2. The zero-order valence-electron chi connectivity index (χ0n) is 12.0. The van der Waals surface area contributed by atoms with Crippen LogP contribution >= 0.6 is 11.6 Å². The molecule has 4 nitrogen and oxygen atoms in total. The van der Waals surface area contributed by atoms with E-state index in [4.69, 9.17) is 11.6 Å². The van der Waals surface area contributed by atoms with Gasteiger partial charge < -0.3 is 10.6 Å². The molecule has 2 aromatic carbocycles. The molecule has 0 radical (unpaired) electrons. The second-order valence-corrected chi connectivity index (χ2v) is 4.96. The lowest BCUT2D eigenvalue weighted by atomic mass is 10.2. The summed E-state index contributed by atoms with van der Waals surface area (Å²) in [6.45, 7) is 1.51. The third-order valence-corrected chi connectivity index (χ3v) is 3.39. The second kappa shape index (κ2) is 7.43. The molecule has 0 unspecified atom stereocenters. The summed E-state index contributed by atoms with van der Waals surface area (Å²) < 4.78 is 0. The molecular weight excluding hydrogens is 300 g/mol. The summed E-state index contributed by atoms with van der Waals surface area (Å²) in [6, 6.07) is 17.9. The molecule has 0 aromatic heterocycles. The average Bonchev–Trinajstić information content (AvgIpc) is 2.55. The Hall–Kier alpha value is -2.59. The summed E-state index contributed by atoms with van der Waals surface area (Å²) >= 11 is 6.00. The first kappa shape index (κ1) is 15.8. The number of amides is 2. The van der Waals surface area contributed by atoms with Crippen LogP contribution in [0.15, 0.2) is 71.3 Å². The van der Waals surface area contributed by atoms with Crippen molar-refractivity contribution in [3.8, 4) is 0 Å². The maximum atomic E-state index is 12.1. The smallest absolute Gasteiger partial charge is 0.267 e. The molecule has 5 heteroatoms. The molecule has 2 N–H and O–H groups in total. The van der Waals surface area contributed by atoms with Crippen molar-refractivity contribution >= 4 is 34.8 Å². The fourth-order valence-electron chi connectivity index (χ4n) is 1.72. The molecule has 2 rings (SSSR count). The lowest BCUT2D eigenvalue weighted by Gasteiger charge is -2.08. The Bertz CT molecular complexity index is 636. The number of carbonyl (C=O) groups excluding carboxylic acids is 2. The summed E-state index contributed by atoms with van der Waals surface area (Å²) in [7, 11) is 0. The van der Waals surface area contributed by atoms with Gasteiger partial charge in [0.25, 0.3) is 11.8 Å². The van der Waals surface area contributed by atoms with Crippen molar-refractivity contribution in [2.45, 2.75) is 6.92 Å². The lowest BCUT2D eigenvalue weighted by Crippen LogP contribution is -2.19. The van der Waals surface area contributed by atoms with Crippen LogP contribution in [-0.2, 0) is 9.59 Å². The highest BCUT2D eigenvalue weighted by Crippen LogP contribution is 2.16. The molecule has 2 aromatic rings. The molecule has 22 heavy (non-hydrogen) atoms. The van der Waals surface area contributed by atoms with Crippen LogP contribution < -0.4 is 10.6 Å². The summed E-state index contributed by atoms with van der Waals surface area (Å²) in [5, 5.41) is 5.17. The van der Waals surface area contributed by atoms with E-state index >= 15 is 0 Å². The van der Waals surface area contributed by atoms with E-state index in [1.807, 2.05) is 12.1 Å². The molecule has 0 heterocycles. The number of hydrogen-bond donors (Lipinski definition) is 2. The minimum Gasteiger partial charge on any atom is -0.322 e. The van der Waals surface area contributed by atoms with Gasteiger partial charge in [-0.2, -0.15) is 0 Å². The maximum Gasteiger partial charge on any atom is 0.267 e. The van der Waals surface area contributed by atoms with Gasteiger partial charge in [0.15, 0.2) is 0 Å². The van der Waals surface area contributed by atoms with E-state index in [-0.39, 0.29) is 10.6 Å². The van der Waals surface area contributed by atoms with Gasteiger partial charge in [-0.15, -0.1) is 0 Å². The normalized spacial score (nSPS) is 11.4. The Kier molecular flexibility index (Phi) is 5.33. The van der Waals surface area contributed by atoms with E-state index in [1.54, 1.807) is 48.5 Å². The predicted molar refractivity (Wildman–Crippen MR) is 88.7 cm³/mol. The molecule has 112 valence electrons. The Morgan fingerprint density at radius 2 is 1.18 bits per heavy atom.